The summed E-state index contributed by atoms with van der Waals surface area (Å²) in [5, 5.41) is 7.01. The quantitative estimate of drug-likeness (QED) is 0.235. The molecule has 2 aromatic rings. The number of methoxy groups -OCH3 is 1. The molecule has 1 aromatic carbocycles. The number of nitrogens with one attached hydrogen (secondary N) is 2. The van der Waals surface area contributed by atoms with Crippen LogP contribution in [0.5, 0.6) is 5.75 Å². The van der Waals surface area contributed by atoms with E-state index < -0.39 is 5.54 Å². The molecule has 2 aliphatic rings. The van der Waals surface area contributed by atoms with Crippen molar-refractivity contribution in [2.75, 3.05) is 38.7 Å². The summed E-state index contributed by atoms with van der Waals surface area (Å²) in [5.74, 6) is 1.66. The van der Waals surface area contributed by atoms with Crippen LogP contribution < -0.4 is 15.4 Å². The Bertz CT molecular complexity index is 1270. The monoisotopic (exact) mass is 561 g/mol. The molecule has 2 saturated heterocycles. The molecule has 3 heterocycles. The summed E-state index contributed by atoms with van der Waals surface area (Å²) in [4.78, 5) is 21.9. The number of pyridine rings is 1. The minimum Gasteiger partial charge on any atom is -0.493 e. The van der Waals surface area contributed by atoms with Gasteiger partial charge in [0.25, 0.3) is 0 Å². The number of esters is 1. The molecule has 0 aliphatic carbocycles. The van der Waals surface area contributed by atoms with Crippen molar-refractivity contribution in [3.05, 3.63) is 65.3 Å². The number of carbonyl (C=O) groups is 1. The Hall–Kier alpha value is -3.52. The normalized spacial score (nSPS) is 19.2. The van der Waals surface area contributed by atoms with Gasteiger partial charge in [0.1, 0.15) is 11.3 Å². The van der Waals surface area contributed by atoms with Gasteiger partial charge < -0.3 is 25.0 Å². The van der Waals surface area contributed by atoms with E-state index in [2.05, 4.69) is 62.7 Å². The summed E-state index contributed by atoms with van der Waals surface area (Å²) in [6, 6.07) is 11.2. The van der Waals surface area contributed by atoms with E-state index in [-0.39, 0.29) is 5.97 Å². The predicted molar refractivity (Wildman–Crippen MR) is 166 cm³/mol. The van der Waals surface area contributed by atoms with Gasteiger partial charge in [-0.25, -0.2) is 4.79 Å². The average molecular weight is 562 g/mol. The van der Waals surface area contributed by atoms with E-state index >= 15 is 0 Å². The fourth-order valence-electron chi connectivity index (χ4n) is 5.97. The van der Waals surface area contributed by atoms with Crippen LogP contribution in [0.2, 0.25) is 0 Å². The summed E-state index contributed by atoms with van der Waals surface area (Å²) in [6.07, 6.45) is 9.35. The molecule has 0 radical (unpaired) electrons. The number of carbonyl (C=O) groups excluding carboxylic acids is 1. The molecule has 0 spiro atoms. The van der Waals surface area contributed by atoms with Gasteiger partial charge in [0, 0.05) is 66.1 Å². The first-order valence-electron chi connectivity index (χ1n) is 14.8. The maximum atomic E-state index is 12.3. The van der Waals surface area contributed by atoms with Gasteiger partial charge in [-0.05, 0) is 78.2 Å². The highest BCUT2D eigenvalue weighted by Gasteiger charge is 2.44. The third-order valence-corrected chi connectivity index (χ3v) is 7.88. The second-order valence-electron chi connectivity index (χ2n) is 11.6. The second kappa shape index (κ2) is 13.4. The number of aromatic nitrogens is 1. The van der Waals surface area contributed by atoms with E-state index in [0.717, 1.165) is 78.8 Å². The zero-order valence-electron chi connectivity index (χ0n) is 25.8. The van der Waals surface area contributed by atoms with Crippen LogP contribution in [-0.2, 0) is 9.53 Å². The molecular formula is C33H47N5O3. The van der Waals surface area contributed by atoms with Gasteiger partial charge in [-0.3, -0.25) is 9.88 Å². The summed E-state index contributed by atoms with van der Waals surface area (Å²) in [7, 11) is 1.44. The van der Waals surface area contributed by atoms with Gasteiger partial charge >= 0.3 is 5.97 Å². The van der Waals surface area contributed by atoms with E-state index in [1.165, 1.54) is 7.11 Å². The standard InChI is InChI=1S/C33H47N5O3/c1-8-12-29-24(4)34-23(3)18-30(29)35-25-14-10-15-28(19-25)41-17-11-16-37-21-27-20-26(37)22-38(27)31(13-9-2)36-33(5,6)32(39)40-7/h8,10,12-15,18-19,26-27,36H,9,11,16-17,20-22H2,1-7H3,(H,34,35)/b12-8-,31-13+. The molecule has 2 aliphatic heterocycles. The maximum absolute atomic E-state index is 12.3. The number of piperazine rings is 1. The van der Waals surface area contributed by atoms with E-state index in [0.29, 0.717) is 18.7 Å². The molecule has 2 bridgehead atoms. The Morgan fingerprint density at radius 3 is 2.68 bits per heavy atom. The van der Waals surface area contributed by atoms with Crippen molar-refractivity contribution in [2.24, 2.45) is 0 Å². The van der Waals surface area contributed by atoms with Crippen LogP contribution in [-0.4, -0.2) is 71.7 Å². The number of likely N-dealkylation sites (tertiary alicyclic amines) is 2. The average Bonchev–Trinajstić information content (AvgIpc) is 3.53. The predicted octanol–water partition coefficient (Wildman–Crippen LogP) is 5.80. The molecule has 0 saturated carbocycles. The highest BCUT2D eigenvalue weighted by atomic mass is 16.5. The van der Waals surface area contributed by atoms with Crippen molar-refractivity contribution >= 4 is 23.4 Å². The molecule has 222 valence electrons. The van der Waals surface area contributed by atoms with Crippen molar-refractivity contribution in [3.8, 4) is 5.75 Å². The number of allylic oxidation sites excluding steroid dienone is 2. The van der Waals surface area contributed by atoms with Crippen LogP contribution in [0.4, 0.5) is 11.4 Å². The van der Waals surface area contributed by atoms with Gasteiger partial charge in [0.2, 0.25) is 0 Å². The zero-order valence-corrected chi connectivity index (χ0v) is 25.8. The number of benzene rings is 1. The number of anilines is 2. The summed E-state index contributed by atoms with van der Waals surface area (Å²) < 4.78 is 11.2. The Morgan fingerprint density at radius 1 is 1.20 bits per heavy atom. The maximum Gasteiger partial charge on any atom is 0.330 e. The lowest BCUT2D eigenvalue weighted by Gasteiger charge is -2.39. The van der Waals surface area contributed by atoms with Crippen LogP contribution >= 0.6 is 0 Å². The molecule has 1 aromatic heterocycles. The fraction of sp³-hybridized carbons (Fsp3) is 0.515. The minimum absolute atomic E-state index is 0.257. The van der Waals surface area contributed by atoms with Gasteiger partial charge in [0.05, 0.1) is 19.5 Å². The first-order chi connectivity index (χ1) is 19.6. The lowest BCUT2D eigenvalue weighted by Crippen LogP contribution is -2.54. The van der Waals surface area contributed by atoms with Gasteiger partial charge in [-0.2, -0.15) is 0 Å². The number of rotatable bonds is 13. The molecule has 0 amide bonds. The Labute approximate surface area is 245 Å². The van der Waals surface area contributed by atoms with Crippen molar-refractivity contribution in [2.45, 2.75) is 78.4 Å². The van der Waals surface area contributed by atoms with Crippen molar-refractivity contribution < 1.29 is 14.3 Å². The van der Waals surface area contributed by atoms with E-state index in [1.807, 2.05) is 52.8 Å². The van der Waals surface area contributed by atoms with E-state index in [1.54, 1.807) is 0 Å². The number of nitrogens with zero attached hydrogens (tertiary/aromatic N) is 3. The second-order valence-corrected chi connectivity index (χ2v) is 11.6. The SMILES string of the molecule is C/C=C\c1c(Nc2cccc(OCCCN3CC4CC3CN4/C(=C/CC)NC(C)(C)C(=O)OC)c2)cc(C)nc1C. The molecule has 2 N–H and O–H groups in total. The molecule has 2 fully saturated rings. The molecular weight excluding hydrogens is 514 g/mol. The summed E-state index contributed by atoms with van der Waals surface area (Å²) in [6.45, 7) is 15.6. The number of aryl methyl sites for hydroxylation is 2. The van der Waals surface area contributed by atoms with Crippen LogP contribution in [0.1, 0.15) is 63.9 Å². The largest absolute Gasteiger partial charge is 0.493 e. The van der Waals surface area contributed by atoms with Gasteiger partial charge in [-0.1, -0.05) is 25.1 Å². The summed E-state index contributed by atoms with van der Waals surface area (Å²) >= 11 is 0. The molecule has 2 unspecified atom stereocenters. The highest BCUT2D eigenvalue weighted by Crippen LogP contribution is 2.34. The number of fused-ring (bicyclic) bond motifs is 2. The zero-order chi connectivity index (χ0) is 29.6. The molecule has 8 nitrogen and oxygen atoms in total. The van der Waals surface area contributed by atoms with Crippen LogP contribution in [0.15, 0.2) is 48.3 Å². The van der Waals surface area contributed by atoms with Crippen LogP contribution in [0, 0.1) is 13.8 Å². The Kier molecular flexibility index (Phi) is 9.97. The Morgan fingerprint density at radius 2 is 2.00 bits per heavy atom. The van der Waals surface area contributed by atoms with Crippen LogP contribution in [0.3, 0.4) is 0 Å². The smallest absolute Gasteiger partial charge is 0.330 e. The minimum atomic E-state index is -0.771. The van der Waals surface area contributed by atoms with E-state index in [4.69, 9.17) is 9.47 Å². The van der Waals surface area contributed by atoms with Gasteiger partial charge in [-0.15, -0.1) is 0 Å². The van der Waals surface area contributed by atoms with Crippen LogP contribution in [0.25, 0.3) is 6.08 Å². The molecule has 4 rings (SSSR count). The van der Waals surface area contributed by atoms with Crippen molar-refractivity contribution in [3.63, 3.8) is 0 Å². The van der Waals surface area contributed by atoms with Crippen molar-refractivity contribution in [1.82, 2.24) is 20.1 Å². The first kappa shape index (κ1) is 30.4. The highest BCUT2D eigenvalue weighted by molar-refractivity contribution is 5.80. The third-order valence-electron chi connectivity index (χ3n) is 7.88. The number of hydrogen-bond acceptors (Lipinski definition) is 8. The third kappa shape index (κ3) is 7.41. The number of hydrogen-bond donors (Lipinski definition) is 2. The molecule has 41 heavy (non-hydrogen) atoms. The fourth-order valence-corrected chi connectivity index (χ4v) is 5.97. The van der Waals surface area contributed by atoms with Gasteiger partial charge in [0.15, 0.2) is 0 Å². The lowest BCUT2D eigenvalue weighted by atomic mass is 10.1. The molecule has 2 atom stereocenters. The molecule has 8 heteroatoms. The van der Waals surface area contributed by atoms with E-state index in [9.17, 15) is 4.79 Å². The first-order valence-corrected chi connectivity index (χ1v) is 14.8. The topological polar surface area (TPSA) is 79.0 Å². The Balaban J connectivity index is 1.27. The lowest BCUT2D eigenvalue weighted by molar-refractivity contribution is -0.147. The van der Waals surface area contributed by atoms with Crippen molar-refractivity contribution in [1.29, 1.82) is 0 Å². The number of ether oxygens (including phenoxy) is 2. The summed E-state index contributed by atoms with van der Waals surface area (Å²) in [5.41, 5.74) is 4.37.